The van der Waals surface area contributed by atoms with Crippen LogP contribution in [0.4, 0.5) is 4.79 Å². The zero-order valence-corrected chi connectivity index (χ0v) is 45.6. The minimum absolute atomic E-state index is 0.0153. The van der Waals surface area contributed by atoms with Crippen LogP contribution in [0, 0.1) is 23.7 Å². The van der Waals surface area contributed by atoms with Crippen molar-refractivity contribution in [3.8, 4) is 11.1 Å². The summed E-state index contributed by atoms with van der Waals surface area (Å²) < 4.78 is 18.2. The lowest BCUT2D eigenvalue weighted by Gasteiger charge is -2.43. The van der Waals surface area contributed by atoms with Gasteiger partial charge in [0.05, 0.1) is 43.2 Å². The maximum absolute atomic E-state index is 14.6. The number of nitrogens with zero attached hydrogens (tertiary/aromatic N) is 4. The fourth-order valence-electron chi connectivity index (χ4n) is 11.6. The molecule has 0 spiro atoms. The normalized spacial score (nSPS) is 18.9. The van der Waals surface area contributed by atoms with Gasteiger partial charge in [0.1, 0.15) is 18.7 Å². The highest BCUT2D eigenvalue weighted by Gasteiger charge is 2.45. The zero-order chi connectivity index (χ0) is 53.8. The fourth-order valence-corrected chi connectivity index (χ4v) is 11.6. The third-order valence-electron chi connectivity index (χ3n) is 15.6. The quantitative estimate of drug-likeness (QED) is 0.0980. The predicted molar refractivity (Wildman–Crippen MR) is 283 cm³/mol. The molecule has 0 saturated carbocycles. The van der Waals surface area contributed by atoms with Crippen molar-refractivity contribution in [3.05, 3.63) is 95.6 Å². The van der Waals surface area contributed by atoms with Crippen molar-refractivity contribution in [1.82, 2.24) is 30.4 Å². The van der Waals surface area contributed by atoms with Crippen LogP contribution in [0.25, 0.3) is 11.1 Å². The number of amides is 6. The Hall–Kier alpha value is -5.68. The van der Waals surface area contributed by atoms with Crippen molar-refractivity contribution in [3.63, 3.8) is 0 Å². The molecule has 2 heterocycles. The predicted octanol–water partition coefficient (Wildman–Crippen LogP) is 7.23. The second-order valence-electron chi connectivity index (χ2n) is 21.2. The molecule has 2 fully saturated rings. The van der Waals surface area contributed by atoms with Crippen LogP contribution in [0.5, 0.6) is 0 Å². The molecule has 9 atom stereocenters. The van der Waals surface area contributed by atoms with E-state index in [0.29, 0.717) is 39.0 Å². The molecule has 0 unspecified atom stereocenters. The number of carbonyl (C=O) groups is 6. The first-order chi connectivity index (χ1) is 35.4. The standard InChI is InChI=1S/C58H82N6O10/c1-12-38(6)52(61(8)50(36(2)3)55(67)60-56(68)51(37(4)5)62(9)58(70)73-35-45-43-27-18-16-25-41(43)42-26-17-19-28-44(42)45)48(71-10)34-49(65)63-30-22-29-47(63)53(72-11)39(7)54(66)59-46(33-40-23-14-13-15-24-40)57(69)64-31-20-21-32-74-64/h13-19,23-28,36-39,45-48,50-53H,12,20-22,29-35H2,1-11H3,(H,59,66)(H,60,67,68)/t38-,39+,46-,47-,48+,50-,51-,52-,53+/m0/s1. The summed E-state index contributed by atoms with van der Waals surface area (Å²) in [6.07, 6.45) is 1.93. The van der Waals surface area contributed by atoms with Gasteiger partial charge in [0, 0.05) is 52.7 Å². The Morgan fingerprint density at radius 3 is 1.92 bits per heavy atom. The molecule has 16 nitrogen and oxygen atoms in total. The van der Waals surface area contributed by atoms with E-state index in [1.54, 1.807) is 26.0 Å². The van der Waals surface area contributed by atoms with Gasteiger partial charge in [-0.25, -0.2) is 9.86 Å². The van der Waals surface area contributed by atoms with Crippen LogP contribution < -0.4 is 10.6 Å². The lowest BCUT2D eigenvalue weighted by atomic mass is 9.87. The molecule has 2 aliphatic heterocycles. The summed E-state index contributed by atoms with van der Waals surface area (Å²) in [5, 5.41) is 7.05. The molecular weight excluding hydrogens is 941 g/mol. The summed E-state index contributed by atoms with van der Waals surface area (Å²) in [4.78, 5) is 95.7. The van der Waals surface area contributed by atoms with E-state index in [1.807, 2.05) is 113 Å². The van der Waals surface area contributed by atoms with Gasteiger partial charge in [-0.3, -0.25) is 43.9 Å². The first-order valence-corrected chi connectivity index (χ1v) is 26.7. The number of nitrogens with one attached hydrogen (secondary N) is 2. The topological polar surface area (TPSA) is 176 Å². The molecule has 2 N–H and O–H groups in total. The van der Waals surface area contributed by atoms with E-state index in [4.69, 9.17) is 19.0 Å². The molecule has 6 amide bonds. The number of hydrogen-bond acceptors (Lipinski definition) is 11. The Kier molecular flexibility index (Phi) is 20.8. The summed E-state index contributed by atoms with van der Waals surface area (Å²) in [5.41, 5.74) is 5.24. The Morgan fingerprint density at radius 1 is 0.743 bits per heavy atom. The van der Waals surface area contributed by atoms with Crippen molar-refractivity contribution < 1.29 is 47.8 Å². The van der Waals surface area contributed by atoms with E-state index in [9.17, 15) is 28.8 Å². The van der Waals surface area contributed by atoms with Crippen LogP contribution in [0.15, 0.2) is 78.9 Å². The molecule has 0 bridgehead atoms. The first-order valence-electron chi connectivity index (χ1n) is 26.7. The van der Waals surface area contributed by atoms with Crippen molar-refractivity contribution in [2.75, 3.05) is 54.6 Å². The molecular formula is C58H82N6O10. The van der Waals surface area contributed by atoms with Crippen molar-refractivity contribution in [2.24, 2.45) is 23.7 Å². The zero-order valence-electron chi connectivity index (χ0n) is 45.6. The molecule has 3 aromatic rings. The summed E-state index contributed by atoms with van der Waals surface area (Å²) in [5.74, 6) is -3.60. The summed E-state index contributed by atoms with van der Waals surface area (Å²) in [6, 6.07) is 22.1. The molecule has 16 heteroatoms. The number of benzene rings is 3. The van der Waals surface area contributed by atoms with Crippen molar-refractivity contribution >= 4 is 35.6 Å². The maximum atomic E-state index is 14.6. The molecule has 0 aromatic heterocycles. The monoisotopic (exact) mass is 1020 g/mol. The van der Waals surface area contributed by atoms with Gasteiger partial charge >= 0.3 is 6.09 Å². The molecule has 1 aliphatic carbocycles. The van der Waals surface area contributed by atoms with Crippen LogP contribution in [0.3, 0.4) is 0 Å². The average Bonchev–Trinajstić information content (AvgIpc) is 4.01. The van der Waals surface area contributed by atoms with Gasteiger partial charge < -0.3 is 24.4 Å². The van der Waals surface area contributed by atoms with Crippen LogP contribution in [-0.4, -0.2) is 152 Å². The number of carbonyl (C=O) groups excluding carboxylic acids is 6. The molecule has 3 aliphatic rings. The second-order valence-corrected chi connectivity index (χ2v) is 21.2. The first kappa shape index (κ1) is 57.6. The van der Waals surface area contributed by atoms with Crippen molar-refractivity contribution in [2.45, 2.75) is 142 Å². The number of likely N-dealkylation sites (N-methyl/N-ethyl adjacent to an activating group) is 2. The van der Waals surface area contributed by atoms with Gasteiger partial charge in [-0.2, -0.15) is 0 Å². The van der Waals surface area contributed by atoms with E-state index < -0.39 is 66.2 Å². The number of rotatable bonds is 23. The molecule has 3 aromatic carbocycles. The van der Waals surface area contributed by atoms with Crippen LogP contribution in [0.1, 0.15) is 110 Å². The van der Waals surface area contributed by atoms with E-state index in [1.165, 1.54) is 17.0 Å². The van der Waals surface area contributed by atoms with Gasteiger partial charge in [-0.1, -0.05) is 134 Å². The minimum Gasteiger partial charge on any atom is -0.448 e. The molecule has 6 rings (SSSR count). The summed E-state index contributed by atoms with van der Waals surface area (Å²) in [6.45, 7) is 14.8. The third-order valence-corrected chi connectivity index (χ3v) is 15.6. The van der Waals surface area contributed by atoms with E-state index in [2.05, 4.69) is 29.7 Å². The lowest BCUT2D eigenvalue weighted by Crippen LogP contribution is -2.60. The lowest BCUT2D eigenvalue weighted by molar-refractivity contribution is -0.199. The van der Waals surface area contributed by atoms with Gasteiger partial charge in [-0.15, -0.1) is 0 Å². The molecule has 74 heavy (non-hydrogen) atoms. The Labute approximate surface area is 439 Å². The second kappa shape index (κ2) is 26.7. The largest absolute Gasteiger partial charge is 0.448 e. The Morgan fingerprint density at radius 2 is 1.35 bits per heavy atom. The smallest absolute Gasteiger partial charge is 0.410 e. The fraction of sp³-hybridized carbons (Fsp3) is 0.586. The number of methoxy groups -OCH3 is 2. The van der Waals surface area contributed by atoms with Crippen LogP contribution >= 0.6 is 0 Å². The van der Waals surface area contributed by atoms with Gasteiger partial charge in [-0.05, 0) is 78.3 Å². The summed E-state index contributed by atoms with van der Waals surface area (Å²) >= 11 is 0. The Bertz CT molecular complexity index is 2330. The van der Waals surface area contributed by atoms with Crippen LogP contribution in [-0.2, 0) is 49.4 Å². The highest BCUT2D eigenvalue weighted by molar-refractivity contribution is 6.01. The van der Waals surface area contributed by atoms with E-state index in [-0.39, 0.29) is 60.8 Å². The highest BCUT2D eigenvalue weighted by atomic mass is 16.7. The van der Waals surface area contributed by atoms with Gasteiger partial charge in [0.15, 0.2) is 0 Å². The maximum Gasteiger partial charge on any atom is 0.410 e. The van der Waals surface area contributed by atoms with E-state index in [0.717, 1.165) is 40.7 Å². The number of likely N-dealkylation sites (tertiary alicyclic amines) is 1. The third kappa shape index (κ3) is 13.4. The Balaban J connectivity index is 1.12. The number of fused-ring (bicyclic) bond motifs is 3. The number of imide groups is 1. The van der Waals surface area contributed by atoms with Gasteiger partial charge in [0.2, 0.25) is 23.6 Å². The highest BCUT2D eigenvalue weighted by Crippen LogP contribution is 2.44. The molecule has 404 valence electrons. The number of ether oxygens (including phenoxy) is 3. The SMILES string of the molecule is CC[C@H](C)[C@@H]([C@@H](CC(=O)N1CCC[C@H]1[C@H](OC)[C@@H](C)C(=O)N[C@@H](Cc1ccccc1)C(=O)N1CCCCO1)OC)N(C)[C@H](C(=O)NC(=O)[C@H](C(C)C)N(C)C(=O)OCC1c2ccccc2-c2ccccc21)C(C)C. The summed E-state index contributed by atoms with van der Waals surface area (Å²) in [7, 11) is 6.46. The number of hydroxylamine groups is 2. The molecule has 2 saturated heterocycles. The van der Waals surface area contributed by atoms with E-state index >= 15 is 0 Å². The van der Waals surface area contributed by atoms with Crippen LogP contribution in [0.2, 0.25) is 0 Å². The number of hydrogen-bond donors (Lipinski definition) is 2. The average molecular weight is 1020 g/mol. The van der Waals surface area contributed by atoms with Crippen molar-refractivity contribution in [1.29, 1.82) is 0 Å². The molecule has 0 radical (unpaired) electrons. The van der Waals surface area contributed by atoms with Gasteiger partial charge in [0.25, 0.3) is 5.91 Å². The minimum atomic E-state index is -1.02.